The van der Waals surface area contributed by atoms with E-state index in [0.717, 1.165) is 19.0 Å². The summed E-state index contributed by atoms with van der Waals surface area (Å²) in [5.74, 6) is 1.48. The van der Waals surface area contributed by atoms with Crippen LogP contribution in [0.25, 0.3) is 0 Å². The van der Waals surface area contributed by atoms with E-state index in [0.29, 0.717) is 18.5 Å². The lowest BCUT2D eigenvalue weighted by Crippen LogP contribution is -2.16. The lowest BCUT2D eigenvalue weighted by Gasteiger charge is -2.06. The van der Waals surface area contributed by atoms with Gasteiger partial charge in [0, 0.05) is 24.1 Å². The van der Waals surface area contributed by atoms with Gasteiger partial charge in [-0.25, -0.2) is 4.39 Å². The first-order chi connectivity index (χ1) is 8.15. The van der Waals surface area contributed by atoms with Crippen LogP contribution in [-0.2, 0) is 6.54 Å². The highest BCUT2D eigenvalue weighted by Gasteiger charge is 2.06. The van der Waals surface area contributed by atoms with E-state index in [-0.39, 0.29) is 5.56 Å². The molecule has 1 rings (SSSR count). The van der Waals surface area contributed by atoms with Gasteiger partial charge in [0.1, 0.15) is 5.82 Å². The highest BCUT2D eigenvalue weighted by molar-refractivity contribution is 5.92. The molecule has 0 bridgehead atoms. The minimum absolute atomic E-state index is 0.179. The Labute approximate surface area is 100 Å². The summed E-state index contributed by atoms with van der Waals surface area (Å²) in [6, 6.07) is 4.23. The molecule has 0 saturated carbocycles. The maximum absolute atomic E-state index is 13.5. The van der Waals surface area contributed by atoms with Crippen LogP contribution in [0.4, 0.5) is 4.39 Å². The lowest BCUT2D eigenvalue weighted by atomic mass is 10.1. The molecule has 17 heavy (non-hydrogen) atoms. The number of carbonyl (C=O) groups is 1. The Morgan fingerprint density at radius 1 is 1.53 bits per heavy atom. The zero-order valence-electron chi connectivity index (χ0n) is 9.50. The molecule has 0 fully saturated rings. The van der Waals surface area contributed by atoms with Crippen LogP contribution in [0, 0.1) is 18.2 Å². The van der Waals surface area contributed by atoms with Crippen molar-refractivity contribution in [2.75, 3.05) is 6.54 Å². The second-order valence-corrected chi connectivity index (χ2v) is 3.65. The predicted octanol–water partition coefficient (Wildman–Crippen LogP) is 1.43. The topological polar surface area (TPSA) is 55.1 Å². The average molecular weight is 234 g/mol. The van der Waals surface area contributed by atoms with Gasteiger partial charge in [-0.05, 0) is 25.1 Å². The highest BCUT2D eigenvalue weighted by Crippen LogP contribution is 2.10. The zero-order valence-corrected chi connectivity index (χ0v) is 9.50. The van der Waals surface area contributed by atoms with Gasteiger partial charge in [0.05, 0.1) is 0 Å². The van der Waals surface area contributed by atoms with Crippen molar-refractivity contribution >= 4 is 5.91 Å². The molecule has 3 nitrogen and oxygen atoms in total. The van der Waals surface area contributed by atoms with Crippen molar-refractivity contribution in [1.82, 2.24) is 5.32 Å². The number of halogens is 1. The molecular weight excluding hydrogens is 219 g/mol. The lowest BCUT2D eigenvalue weighted by molar-refractivity contribution is 0.1000. The number of amides is 1. The Kier molecular flexibility index (Phi) is 5.18. The molecule has 0 spiro atoms. The minimum Gasteiger partial charge on any atom is -0.366 e. The summed E-state index contributed by atoms with van der Waals surface area (Å²) in [5.41, 5.74) is 5.74. The molecule has 1 aromatic carbocycles. The summed E-state index contributed by atoms with van der Waals surface area (Å²) in [6.07, 6.45) is 6.67. The van der Waals surface area contributed by atoms with Crippen LogP contribution < -0.4 is 11.1 Å². The van der Waals surface area contributed by atoms with Crippen LogP contribution in [0.3, 0.4) is 0 Å². The summed E-state index contributed by atoms with van der Waals surface area (Å²) in [7, 11) is 0. The summed E-state index contributed by atoms with van der Waals surface area (Å²) < 4.78 is 13.5. The summed E-state index contributed by atoms with van der Waals surface area (Å²) in [5, 5.41) is 3.07. The van der Waals surface area contributed by atoms with Crippen LogP contribution in [0.1, 0.15) is 28.8 Å². The minimum atomic E-state index is -0.627. The third kappa shape index (κ3) is 4.25. The van der Waals surface area contributed by atoms with Crippen LogP contribution in [-0.4, -0.2) is 12.5 Å². The van der Waals surface area contributed by atoms with Crippen molar-refractivity contribution in [3.8, 4) is 12.3 Å². The van der Waals surface area contributed by atoms with Crippen molar-refractivity contribution in [2.24, 2.45) is 5.73 Å². The molecule has 0 radical (unpaired) electrons. The zero-order chi connectivity index (χ0) is 12.7. The summed E-state index contributed by atoms with van der Waals surface area (Å²) in [4.78, 5) is 10.8. The number of rotatable bonds is 6. The molecule has 0 aliphatic heterocycles. The number of benzene rings is 1. The summed E-state index contributed by atoms with van der Waals surface area (Å²) in [6.45, 7) is 1.15. The Morgan fingerprint density at radius 2 is 2.29 bits per heavy atom. The smallest absolute Gasteiger partial charge is 0.248 e. The quantitative estimate of drug-likeness (QED) is 0.578. The average Bonchev–Trinajstić information content (AvgIpc) is 2.30. The Morgan fingerprint density at radius 3 is 2.88 bits per heavy atom. The van der Waals surface area contributed by atoms with Gasteiger partial charge < -0.3 is 11.1 Å². The summed E-state index contributed by atoms with van der Waals surface area (Å²) >= 11 is 0. The van der Waals surface area contributed by atoms with Gasteiger partial charge in [-0.1, -0.05) is 6.07 Å². The number of terminal acetylenes is 1. The molecule has 0 aliphatic carbocycles. The first kappa shape index (κ1) is 13.2. The highest BCUT2D eigenvalue weighted by atomic mass is 19.1. The fraction of sp³-hybridized carbons (Fsp3) is 0.308. The molecule has 1 amide bonds. The molecule has 0 unspecified atom stereocenters. The van der Waals surface area contributed by atoms with Gasteiger partial charge >= 0.3 is 0 Å². The predicted molar refractivity (Wildman–Crippen MR) is 64.7 cm³/mol. The second kappa shape index (κ2) is 6.66. The monoisotopic (exact) mass is 234 g/mol. The first-order valence-electron chi connectivity index (χ1n) is 5.37. The third-order valence-corrected chi connectivity index (χ3v) is 2.33. The van der Waals surface area contributed by atoms with Crippen LogP contribution in [0.15, 0.2) is 18.2 Å². The number of primary amides is 1. The normalized spacial score (nSPS) is 9.88. The number of unbranched alkanes of at least 4 members (excludes halogenated alkanes) is 1. The van der Waals surface area contributed by atoms with Gasteiger partial charge in [0.15, 0.2) is 0 Å². The molecule has 0 aliphatic rings. The van der Waals surface area contributed by atoms with Crippen LogP contribution in [0.5, 0.6) is 0 Å². The Bertz CT molecular complexity index is 438. The largest absolute Gasteiger partial charge is 0.366 e. The fourth-order valence-electron chi connectivity index (χ4n) is 1.38. The van der Waals surface area contributed by atoms with Crippen molar-refractivity contribution < 1.29 is 9.18 Å². The van der Waals surface area contributed by atoms with E-state index >= 15 is 0 Å². The first-order valence-corrected chi connectivity index (χ1v) is 5.37. The van der Waals surface area contributed by atoms with Crippen LogP contribution >= 0.6 is 0 Å². The molecule has 90 valence electrons. The van der Waals surface area contributed by atoms with E-state index in [9.17, 15) is 9.18 Å². The van der Waals surface area contributed by atoms with E-state index in [1.54, 1.807) is 6.07 Å². The van der Waals surface area contributed by atoms with Crippen molar-refractivity contribution in [2.45, 2.75) is 19.4 Å². The Hall–Kier alpha value is -1.86. The van der Waals surface area contributed by atoms with E-state index < -0.39 is 11.7 Å². The van der Waals surface area contributed by atoms with Gasteiger partial charge in [0.2, 0.25) is 5.91 Å². The third-order valence-electron chi connectivity index (χ3n) is 2.33. The molecule has 1 aromatic rings. The van der Waals surface area contributed by atoms with E-state index in [2.05, 4.69) is 11.2 Å². The molecule has 0 heterocycles. The molecule has 0 atom stereocenters. The number of hydrogen-bond donors (Lipinski definition) is 2. The molecule has 0 saturated heterocycles. The van der Waals surface area contributed by atoms with Gasteiger partial charge in [-0.15, -0.1) is 12.3 Å². The van der Waals surface area contributed by atoms with Gasteiger partial charge in [0.25, 0.3) is 0 Å². The standard InChI is InChI=1S/C13H15FN2O/c1-2-3-4-7-16-9-11-6-5-10(13(15)17)8-12(11)14/h1,5-6,8,16H,3-4,7,9H2,(H2,15,17). The van der Waals surface area contributed by atoms with Crippen molar-refractivity contribution in [3.63, 3.8) is 0 Å². The number of nitrogens with two attached hydrogens (primary N) is 1. The molecule has 0 aromatic heterocycles. The maximum atomic E-state index is 13.5. The molecule has 4 heteroatoms. The maximum Gasteiger partial charge on any atom is 0.248 e. The molecule has 3 N–H and O–H groups in total. The van der Waals surface area contributed by atoms with Crippen molar-refractivity contribution in [1.29, 1.82) is 0 Å². The van der Waals surface area contributed by atoms with Crippen LogP contribution in [0.2, 0.25) is 0 Å². The second-order valence-electron chi connectivity index (χ2n) is 3.65. The van der Waals surface area contributed by atoms with Gasteiger partial charge in [-0.2, -0.15) is 0 Å². The Balaban J connectivity index is 2.50. The molecular formula is C13H15FN2O. The number of hydrogen-bond acceptors (Lipinski definition) is 2. The SMILES string of the molecule is C#CCCCNCc1ccc(C(N)=O)cc1F. The number of carbonyl (C=O) groups excluding carboxylic acids is 1. The van der Waals surface area contributed by atoms with Gasteiger partial charge in [-0.3, -0.25) is 4.79 Å². The van der Waals surface area contributed by atoms with E-state index in [1.165, 1.54) is 6.07 Å². The number of nitrogens with one attached hydrogen (secondary N) is 1. The van der Waals surface area contributed by atoms with Crippen molar-refractivity contribution in [3.05, 3.63) is 35.1 Å². The van der Waals surface area contributed by atoms with E-state index in [1.807, 2.05) is 0 Å². The van der Waals surface area contributed by atoms with E-state index in [4.69, 9.17) is 12.2 Å². The fourth-order valence-corrected chi connectivity index (χ4v) is 1.38.